The van der Waals surface area contributed by atoms with Gasteiger partial charge in [-0.3, -0.25) is 0 Å². The van der Waals surface area contributed by atoms with Gasteiger partial charge in [-0.15, -0.1) is 10.2 Å². The Morgan fingerprint density at radius 3 is 2.86 bits per heavy atom. The molecule has 0 aliphatic rings. The molecule has 2 aromatic heterocycles. The van der Waals surface area contributed by atoms with Crippen LogP contribution in [0.15, 0.2) is 41.1 Å². The standard InChI is InChI=1S/C14H11BrN4O2/c1-2-21-14(20)12-13(19-8-9(15)7-16-19)10-5-3-4-6-11(10)17-18-12/h3-8H,2H2,1H3. The summed E-state index contributed by atoms with van der Waals surface area (Å²) in [6.07, 6.45) is 3.40. The van der Waals surface area contributed by atoms with Crippen molar-refractivity contribution < 1.29 is 9.53 Å². The van der Waals surface area contributed by atoms with Crippen LogP contribution in [0.25, 0.3) is 16.6 Å². The SMILES string of the molecule is CCOC(=O)c1nnc2ccccc2c1-n1cc(Br)cn1. The molecule has 21 heavy (non-hydrogen) atoms. The Bertz CT molecular complexity index is 816. The zero-order valence-corrected chi connectivity index (χ0v) is 12.7. The third-order valence-corrected chi connectivity index (χ3v) is 3.30. The van der Waals surface area contributed by atoms with Gasteiger partial charge in [0.15, 0.2) is 5.69 Å². The van der Waals surface area contributed by atoms with Crippen LogP contribution in [0, 0.1) is 0 Å². The lowest BCUT2D eigenvalue weighted by molar-refractivity contribution is 0.0518. The number of carbonyl (C=O) groups is 1. The zero-order chi connectivity index (χ0) is 14.8. The van der Waals surface area contributed by atoms with Crippen LogP contribution in [0.1, 0.15) is 17.4 Å². The molecule has 0 bridgehead atoms. The van der Waals surface area contributed by atoms with Gasteiger partial charge in [0, 0.05) is 11.6 Å². The summed E-state index contributed by atoms with van der Waals surface area (Å²) in [7, 11) is 0. The topological polar surface area (TPSA) is 69.9 Å². The van der Waals surface area contributed by atoms with Gasteiger partial charge in [-0.05, 0) is 28.9 Å². The Morgan fingerprint density at radius 1 is 1.33 bits per heavy atom. The molecule has 0 amide bonds. The minimum Gasteiger partial charge on any atom is -0.461 e. The first kappa shape index (κ1) is 13.7. The quantitative estimate of drug-likeness (QED) is 0.682. The van der Waals surface area contributed by atoms with Crippen LogP contribution in [0.2, 0.25) is 0 Å². The molecule has 0 fully saturated rings. The van der Waals surface area contributed by atoms with Crippen molar-refractivity contribution in [3.05, 3.63) is 46.8 Å². The highest BCUT2D eigenvalue weighted by Crippen LogP contribution is 2.24. The molecule has 1 aromatic carbocycles. The lowest BCUT2D eigenvalue weighted by Crippen LogP contribution is -2.14. The van der Waals surface area contributed by atoms with E-state index in [4.69, 9.17) is 4.74 Å². The minimum absolute atomic E-state index is 0.145. The van der Waals surface area contributed by atoms with Crippen molar-refractivity contribution in [1.82, 2.24) is 20.0 Å². The highest BCUT2D eigenvalue weighted by Gasteiger charge is 2.20. The Hall–Kier alpha value is -2.28. The molecule has 0 radical (unpaired) electrons. The summed E-state index contributed by atoms with van der Waals surface area (Å²) in [6.45, 7) is 2.02. The molecule has 106 valence electrons. The summed E-state index contributed by atoms with van der Waals surface area (Å²) in [5.41, 5.74) is 1.39. The van der Waals surface area contributed by atoms with E-state index in [0.29, 0.717) is 11.2 Å². The van der Waals surface area contributed by atoms with Crippen molar-refractivity contribution in [2.45, 2.75) is 6.92 Å². The Morgan fingerprint density at radius 2 is 2.14 bits per heavy atom. The predicted octanol–water partition coefficient (Wildman–Crippen LogP) is 2.75. The highest BCUT2D eigenvalue weighted by molar-refractivity contribution is 9.10. The molecule has 3 aromatic rings. The molecule has 0 aliphatic heterocycles. The number of nitrogens with zero attached hydrogens (tertiary/aromatic N) is 4. The third-order valence-electron chi connectivity index (χ3n) is 2.89. The van der Waals surface area contributed by atoms with Crippen LogP contribution in [0.3, 0.4) is 0 Å². The third kappa shape index (κ3) is 2.52. The maximum Gasteiger partial charge on any atom is 0.361 e. The van der Waals surface area contributed by atoms with Gasteiger partial charge in [-0.1, -0.05) is 18.2 Å². The van der Waals surface area contributed by atoms with Crippen molar-refractivity contribution in [2.75, 3.05) is 6.61 Å². The van der Waals surface area contributed by atoms with Crippen LogP contribution >= 0.6 is 15.9 Å². The van der Waals surface area contributed by atoms with Crippen molar-refractivity contribution >= 4 is 32.8 Å². The maximum atomic E-state index is 12.1. The fourth-order valence-electron chi connectivity index (χ4n) is 2.03. The van der Waals surface area contributed by atoms with E-state index >= 15 is 0 Å². The predicted molar refractivity (Wildman–Crippen MR) is 80.3 cm³/mol. The summed E-state index contributed by atoms with van der Waals surface area (Å²) in [4.78, 5) is 12.1. The van der Waals surface area contributed by atoms with E-state index < -0.39 is 5.97 Å². The molecule has 0 atom stereocenters. The van der Waals surface area contributed by atoms with Crippen molar-refractivity contribution in [3.63, 3.8) is 0 Å². The largest absolute Gasteiger partial charge is 0.461 e. The molecule has 6 nitrogen and oxygen atoms in total. The minimum atomic E-state index is -0.516. The molecular weight excluding hydrogens is 336 g/mol. The van der Waals surface area contributed by atoms with E-state index in [0.717, 1.165) is 9.86 Å². The van der Waals surface area contributed by atoms with Gasteiger partial charge in [0.05, 0.1) is 22.8 Å². The first-order chi connectivity index (χ1) is 10.2. The lowest BCUT2D eigenvalue weighted by atomic mass is 10.1. The molecule has 7 heteroatoms. The number of aromatic nitrogens is 4. The number of carbonyl (C=O) groups excluding carboxylic acids is 1. The number of halogens is 1. The fourth-order valence-corrected chi connectivity index (χ4v) is 2.32. The summed E-state index contributed by atoms with van der Waals surface area (Å²) in [6, 6.07) is 7.45. The molecule has 0 saturated heterocycles. The Kier molecular flexibility index (Phi) is 3.66. The van der Waals surface area contributed by atoms with E-state index in [2.05, 4.69) is 31.2 Å². The number of ether oxygens (including phenoxy) is 1. The first-order valence-corrected chi connectivity index (χ1v) is 7.13. The summed E-state index contributed by atoms with van der Waals surface area (Å²) < 4.78 is 7.45. The van der Waals surface area contributed by atoms with E-state index in [-0.39, 0.29) is 12.3 Å². The molecule has 2 heterocycles. The molecule has 0 saturated carbocycles. The molecule has 0 spiro atoms. The van der Waals surface area contributed by atoms with Crippen molar-refractivity contribution in [3.8, 4) is 5.69 Å². The number of esters is 1. The van der Waals surface area contributed by atoms with Crippen molar-refractivity contribution in [1.29, 1.82) is 0 Å². The van der Waals surface area contributed by atoms with Crippen LogP contribution in [-0.2, 0) is 4.74 Å². The summed E-state index contributed by atoms with van der Waals surface area (Å²) >= 11 is 3.35. The zero-order valence-electron chi connectivity index (χ0n) is 11.2. The second kappa shape index (κ2) is 5.61. The van der Waals surface area contributed by atoms with Crippen molar-refractivity contribution in [2.24, 2.45) is 0 Å². The summed E-state index contributed by atoms with van der Waals surface area (Å²) in [5.74, 6) is -0.516. The Balaban J connectivity index is 2.30. The molecule has 0 unspecified atom stereocenters. The number of fused-ring (bicyclic) bond motifs is 1. The average Bonchev–Trinajstić information content (AvgIpc) is 2.92. The fraction of sp³-hybridized carbons (Fsp3) is 0.143. The second-order valence-corrected chi connectivity index (χ2v) is 5.15. The smallest absolute Gasteiger partial charge is 0.361 e. The number of benzene rings is 1. The van der Waals surface area contributed by atoms with Gasteiger partial charge < -0.3 is 4.74 Å². The molecular formula is C14H11BrN4O2. The molecule has 3 rings (SSSR count). The lowest BCUT2D eigenvalue weighted by Gasteiger charge is -2.10. The first-order valence-electron chi connectivity index (χ1n) is 6.33. The molecule has 0 N–H and O–H groups in total. The van der Waals surface area contributed by atoms with Gasteiger partial charge in [0.2, 0.25) is 0 Å². The maximum absolute atomic E-state index is 12.1. The molecule has 0 aliphatic carbocycles. The van der Waals surface area contributed by atoms with Gasteiger partial charge in [0.25, 0.3) is 0 Å². The van der Waals surface area contributed by atoms with Crippen LogP contribution in [0.4, 0.5) is 0 Å². The number of hydrogen-bond donors (Lipinski definition) is 0. The number of hydrogen-bond acceptors (Lipinski definition) is 5. The van der Waals surface area contributed by atoms with Gasteiger partial charge in [-0.2, -0.15) is 5.10 Å². The number of rotatable bonds is 3. The normalized spacial score (nSPS) is 10.8. The highest BCUT2D eigenvalue weighted by atomic mass is 79.9. The summed E-state index contributed by atoms with van der Waals surface area (Å²) in [5, 5.41) is 13.1. The van der Waals surface area contributed by atoms with Crippen LogP contribution in [-0.4, -0.2) is 32.6 Å². The second-order valence-electron chi connectivity index (χ2n) is 4.24. The van der Waals surface area contributed by atoms with Gasteiger partial charge in [0.1, 0.15) is 5.69 Å². The van der Waals surface area contributed by atoms with Gasteiger partial charge in [-0.25, -0.2) is 9.48 Å². The van der Waals surface area contributed by atoms with Gasteiger partial charge >= 0.3 is 5.97 Å². The monoisotopic (exact) mass is 346 g/mol. The van der Waals surface area contributed by atoms with E-state index in [1.54, 1.807) is 24.0 Å². The van der Waals surface area contributed by atoms with Crippen LogP contribution < -0.4 is 0 Å². The van der Waals surface area contributed by atoms with Crippen LogP contribution in [0.5, 0.6) is 0 Å². The average molecular weight is 347 g/mol. The van der Waals surface area contributed by atoms with E-state index in [1.165, 1.54) is 0 Å². The van der Waals surface area contributed by atoms with E-state index in [9.17, 15) is 4.79 Å². The van der Waals surface area contributed by atoms with E-state index in [1.807, 2.05) is 24.3 Å². The Labute approximate surface area is 128 Å².